The molecule has 0 aromatic heterocycles. The fraction of sp³-hybridized carbons (Fsp3) is 0.200. The second-order valence-corrected chi connectivity index (χ2v) is 6.44. The van der Waals surface area contributed by atoms with Gasteiger partial charge in [0.25, 0.3) is 0 Å². The first kappa shape index (κ1) is 15.5. The Morgan fingerprint density at radius 3 is 2.10 bits per heavy atom. The molecule has 0 fully saturated rings. The average Bonchev–Trinajstić information content (AvgIpc) is 2.43. The molecule has 0 radical (unpaired) electrons. The molecule has 6 heteroatoms. The summed E-state index contributed by atoms with van der Waals surface area (Å²) in [6.07, 6.45) is 0. The number of anilines is 1. The fourth-order valence-corrected chi connectivity index (χ4v) is 3.11. The average molecular weight is 308 g/mol. The molecule has 4 nitrogen and oxygen atoms in total. The zero-order valence-electron chi connectivity index (χ0n) is 11.6. The van der Waals surface area contributed by atoms with Gasteiger partial charge in [-0.15, -0.1) is 0 Å². The van der Waals surface area contributed by atoms with Crippen molar-refractivity contribution in [3.63, 3.8) is 0 Å². The Balaban J connectivity index is 2.04. The van der Waals surface area contributed by atoms with Crippen molar-refractivity contribution >= 4 is 15.7 Å². The van der Waals surface area contributed by atoms with Gasteiger partial charge in [-0.1, -0.05) is 24.3 Å². The van der Waals surface area contributed by atoms with E-state index in [1.807, 2.05) is 19.2 Å². The second kappa shape index (κ2) is 6.69. The van der Waals surface area contributed by atoms with E-state index in [9.17, 15) is 12.8 Å². The summed E-state index contributed by atoms with van der Waals surface area (Å²) < 4.78 is 39.3. The molecule has 0 heterocycles. The van der Waals surface area contributed by atoms with Gasteiger partial charge in [0.15, 0.2) is 0 Å². The SMILES string of the molecule is CNCc1ccc(CS(=O)(=O)Nc2ccc(F)cc2)cc1. The van der Waals surface area contributed by atoms with E-state index in [1.54, 1.807) is 12.1 Å². The van der Waals surface area contributed by atoms with Crippen LogP contribution in [0, 0.1) is 5.82 Å². The van der Waals surface area contributed by atoms with E-state index in [4.69, 9.17) is 0 Å². The van der Waals surface area contributed by atoms with E-state index in [0.717, 1.165) is 12.1 Å². The molecule has 0 saturated heterocycles. The van der Waals surface area contributed by atoms with Crippen LogP contribution >= 0.6 is 0 Å². The molecule has 2 aromatic carbocycles. The standard InChI is InChI=1S/C15H17FN2O2S/c1-17-10-12-2-4-13(5-3-12)11-21(19,20)18-15-8-6-14(16)7-9-15/h2-9,17-18H,10-11H2,1H3. The third-order valence-corrected chi connectivity index (χ3v) is 4.14. The first-order chi connectivity index (χ1) is 9.98. The molecule has 0 atom stereocenters. The summed E-state index contributed by atoms with van der Waals surface area (Å²) in [4.78, 5) is 0. The van der Waals surface area contributed by atoms with Crippen molar-refractivity contribution in [2.45, 2.75) is 12.3 Å². The highest BCUT2D eigenvalue weighted by molar-refractivity contribution is 7.91. The number of rotatable bonds is 6. The number of hydrogen-bond acceptors (Lipinski definition) is 3. The van der Waals surface area contributed by atoms with Gasteiger partial charge in [-0.3, -0.25) is 4.72 Å². The van der Waals surface area contributed by atoms with Gasteiger partial charge >= 0.3 is 0 Å². The molecule has 2 aromatic rings. The van der Waals surface area contributed by atoms with Crippen LogP contribution in [-0.4, -0.2) is 15.5 Å². The van der Waals surface area contributed by atoms with Crippen molar-refractivity contribution < 1.29 is 12.8 Å². The van der Waals surface area contributed by atoms with Crippen molar-refractivity contribution in [3.8, 4) is 0 Å². The molecular weight excluding hydrogens is 291 g/mol. The topological polar surface area (TPSA) is 58.2 Å². The monoisotopic (exact) mass is 308 g/mol. The van der Waals surface area contributed by atoms with Gasteiger partial charge in [0.1, 0.15) is 5.82 Å². The van der Waals surface area contributed by atoms with Crippen molar-refractivity contribution in [2.75, 3.05) is 11.8 Å². The highest BCUT2D eigenvalue weighted by Crippen LogP contribution is 2.14. The van der Waals surface area contributed by atoms with E-state index in [1.165, 1.54) is 24.3 Å². The lowest BCUT2D eigenvalue weighted by atomic mass is 10.1. The van der Waals surface area contributed by atoms with Gasteiger partial charge in [-0.05, 0) is 42.4 Å². The molecule has 0 aliphatic heterocycles. The van der Waals surface area contributed by atoms with Gasteiger partial charge < -0.3 is 5.32 Å². The number of nitrogens with one attached hydrogen (secondary N) is 2. The van der Waals surface area contributed by atoms with Crippen molar-refractivity contribution in [1.29, 1.82) is 0 Å². The van der Waals surface area contributed by atoms with E-state index in [0.29, 0.717) is 11.3 Å². The maximum absolute atomic E-state index is 12.8. The highest BCUT2D eigenvalue weighted by atomic mass is 32.2. The van der Waals surface area contributed by atoms with Crippen LogP contribution in [0.5, 0.6) is 0 Å². The van der Waals surface area contributed by atoms with E-state index < -0.39 is 15.8 Å². The van der Waals surface area contributed by atoms with E-state index >= 15 is 0 Å². The van der Waals surface area contributed by atoms with E-state index in [-0.39, 0.29) is 5.75 Å². The zero-order valence-corrected chi connectivity index (χ0v) is 12.5. The maximum atomic E-state index is 12.8. The Hall–Kier alpha value is -1.92. The summed E-state index contributed by atoms with van der Waals surface area (Å²) >= 11 is 0. The minimum absolute atomic E-state index is 0.121. The molecule has 0 bridgehead atoms. The van der Waals surface area contributed by atoms with Crippen LogP contribution in [0.1, 0.15) is 11.1 Å². The first-order valence-electron chi connectivity index (χ1n) is 6.47. The van der Waals surface area contributed by atoms with Crippen molar-refractivity contribution in [3.05, 3.63) is 65.5 Å². The summed E-state index contributed by atoms with van der Waals surface area (Å²) in [6, 6.07) is 12.6. The highest BCUT2D eigenvalue weighted by Gasteiger charge is 2.11. The Labute approximate surface area is 124 Å². The summed E-state index contributed by atoms with van der Waals surface area (Å²) in [5.74, 6) is -0.525. The van der Waals surface area contributed by atoms with Gasteiger partial charge in [0.2, 0.25) is 10.0 Å². The molecule has 0 aliphatic rings. The van der Waals surface area contributed by atoms with Gasteiger partial charge in [0, 0.05) is 12.2 Å². The predicted octanol–water partition coefficient (Wildman–Crippen LogP) is 2.49. The van der Waals surface area contributed by atoms with Crippen molar-refractivity contribution in [2.24, 2.45) is 0 Å². The lowest BCUT2D eigenvalue weighted by Gasteiger charge is -2.08. The lowest BCUT2D eigenvalue weighted by molar-refractivity contribution is 0.600. The Kier molecular flexibility index (Phi) is 4.93. The minimum Gasteiger partial charge on any atom is -0.316 e. The predicted molar refractivity (Wildman–Crippen MR) is 81.9 cm³/mol. The Morgan fingerprint density at radius 2 is 1.52 bits per heavy atom. The van der Waals surface area contributed by atoms with Crippen LogP contribution in [0.3, 0.4) is 0 Å². The molecule has 2 rings (SSSR count). The first-order valence-corrected chi connectivity index (χ1v) is 8.12. The lowest BCUT2D eigenvalue weighted by Crippen LogP contribution is -2.15. The molecule has 0 spiro atoms. The smallest absolute Gasteiger partial charge is 0.236 e. The minimum atomic E-state index is -3.51. The molecule has 0 amide bonds. The van der Waals surface area contributed by atoms with Gasteiger partial charge in [-0.2, -0.15) is 0 Å². The molecule has 0 aliphatic carbocycles. The largest absolute Gasteiger partial charge is 0.316 e. The van der Waals surface area contributed by atoms with Crippen LogP contribution in [0.25, 0.3) is 0 Å². The molecule has 0 saturated carbocycles. The number of hydrogen-bond donors (Lipinski definition) is 2. The molecule has 0 unspecified atom stereocenters. The second-order valence-electron chi connectivity index (χ2n) is 4.71. The summed E-state index contributed by atoms with van der Waals surface area (Å²) in [7, 11) is -1.66. The van der Waals surface area contributed by atoms with Crippen LogP contribution in [-0.2, 0) is 22.3 Å². The van der Waals surface area contributed by atoms with E-state index in [2.05, 4.69) is 10.0 Å². The van der Waals surface area contributed by atoms with Gasteiger partial charge in [0.05, 0.1) is 5.75 Å². The third kappa shape index (κ3) is 4.84. The maximum Gasteiger partial charge on any atom is 0.236 e. The van der Waals surface area contributed by atoms with Gasteiger partial charge in [-0.25, -0.2) is 12.8 Å². The number of sulfonamides is 1. The molecular formula is C15H17FN2O2S. The zero-order chi connectivity index (χ0) is 15.3. The molecule has 112 valence electrons. The third-order valence-electron chi connectivity index (χ3n) is 2.88. The van der Waals surface area contributed by atoms with Crippen LogP contribution in [0.15, 0.2) is 48.5 Å². The quantitative estimate of drug-likeness (QED) is 0.862. The van der Waals surface area contributed by atoms with Crippen LogP contribution < -0.4 is 10.0 Å². The summed E-state index contributed by atoms with van der Waals surface area (Å²) in [6.45, 7) is 0.737. The summed E-state index contributed by atoms with van der Waals surface area (Å²) in [5.41, 5.74) is 2.14. The number of halogens is 1. The van der Waals surface area contributed by atoms with Crippen molar-refractivity contribution in [1.82, 2.24) is 5.32 Å². The Bertz CT molecular complexity index is 683. The molecule has 21 heavy (non-hydrogen) atoms. The Morgan fingerprint density at radius 1 is 0.952 bits per heavy atom. The van der Waals surface area contributed by atoms with Crippen LogP contribution in [0.2, 0.25) is 0 Å². The summed E-state index contributed by atoms with van der Waals surface area (Å²) in [5, 5.41) is 3.03. The molecule has 2 N–H and O–H groups in total. The fourth-order valence-electron chi connectivity index (χ4n) is 1.91. The normalized spacial score (nSPS) is 11.3. The van der Waals surface area contributed by atoms with Crippen LogP contribution in [0.4, 0.5) is 10.1 Å². The number of benzene rings is 2.